The topological polar surface area (TPSA) is 76.4 Å². The molecule has 1 amide bonds. The minimum atomic E-state index is -0.522. The van der Waals surface area contributed by atoms with Gasteiger partial charge in [-0.15, -0.1) is 0 Å². The van der Waals surface area contributed by atoms with Gasteiger partial charge >= 0.3 is 0 Å². The fraction of sp³-hybridized carbons (Fsp3) is 0.417. The minimum Gasteiger partial charge on any atom is -0.488 e. The summed E-state index contributed by atoms with van der Waals surface area (Å²) < 4.78 is 18.8. The van der Waals surface area contributed by atoms with E-state index < -0.39 is 5.82 Å². The molecule has 0 saturated carbocycles. The number of rotatable bonds is 5. The lowest BCUT2D eigenvalue weighted by Crippen LogP contribution is -2.26. The van der Waals surface area contributed by atoms with Crippen LogP contribution in [0.25, 0.3) is 0 Å². The average Bonchev–Trinajstić information content (AvgIpc) is 2.30. The first-order chi connectivity index (χ1) is 8.43. The van der Waals surface area contributed by atoms with Crippen LogP contribution in [0.4, 0.5) is 15.8 Å². The third kappa shape index (κ3) is 3.80. The Balaban J connectivity index is 2.87. The second-order valence-corrected chi connectivity index (χ2v) is 4.06. The smallest absolute Gasteiger partial charge is 0.239 e. The van der Waals surface area contributed by atoms with Gasteiger partial charge in [0.15, 0.2) is 11.6 Å². The Kier molecular flexibility index (Phi) is 4.76. The van der Waals surface area contributed by atoms with Crippen molar-refractivity contribution < 1.29 is 13.9 Å². The number of carbonyl (C=O) groups is 1. The number of likely N-dealkylation sites (N-methyl/N-ethyl adjacent to an activating group) is 1. The summed E-state index contributed by atoms with van der Waals surface area (Å²) in [6.07, 6.45) is -0.144. The Labute approximate surface area is 106 Å². The number of nitrogen functional groups attached to an aromatic ring is 1. The third-order valence-corrected chi connectivity index (χ3v) is 2.18. The van der Waals surface area contributed by atoms with Crippen molar-refractivity contribution in [2.45, 2.75) is 20.0 Å². The summed E-state index contributed by atoms with van der Waals surface area (Å²) in [5, 5.41) is 5.29. The molecule has 5 nitrogen and oxygen atoms in total. The van der Waals surface area contributed by atoms with Crippen molar-refractivity contribution in [3.8, 4) is 5.75 Å². The SMILES string of the molecule is CNC(=O)CNc1cc(OC(C)C)c(F)cc1N. The van der Waals surface area contributed by atoms with Gasteiger partial charge in [-0.05, 0) is 13.8 Å². The molecule has 0 aliphatic carbocycles. The molecule has 6 heteroatoms. The Morgan fingerprint density at radius 2 is 2.17 bits per heavy atom. The Morgan fingerprint density at radius 3 is 2.72 bits per heavy atom. The second kappa shape index (κ2) is 6.09. The molecule has 0 atom stereocenters. The highest BCUT2D eigenvalue weighted by atomic mass is 19.1. The fourth-order valence-corrected chi connectivity index (χ4v) is 1.33. The largest absolute Gasteiger partial charge is 0.488 e. The van der Waals surface area contributed by atoms with Crippen LogP contribution in [0.5, 0.6) is 5.75 Å². The zero-order chi connectivity index (χ0) is 13.7. The quantitative estimate of drug-likeness (QED) is 0.694. The van der Waals surface area contributed by atoms with E-state index in [0.29, 0.717) is 5.69 Å². The van der Waals surface area contributed by atoms with Crippen LogP contribution in [0.15, 0.2) is 12.1 Å². The van der Waals surface area contributed by atoms with E-state index in [1.807, 2.05) is 0 Å². The summed E-state index contributed by atoms with van der Waals surface area (Å²) in [6, 6.07) is 2.62. The van der Waals surface area contributed by atoms with Crippen molar-refractivity contribution in [1.29, 1.82) is 0 Å². The second-order valence-electron chi connectivity index (χ2n) is 4.06. The minimum absolute atomic E-state index is 0.0629. The number of carbonyl (C=O) groups excluding carboxylic acids is 1. The van der Waals surface area contributed by atoms with E-state index in [9.17, 15) is 9.18 Å². The standard InChI is InChI=1S/C12H18FN3O2/c1-7(2)18-11-5-10(9(14)4-8(11)13)16-6-12(17)15-3/h4-5,7,16H,6,14H2,1-3H3,(H,15,17). The molecule has 0 aliphatic rings. The Bertz CT molecular complexity index is 436. The van der Waals surface area contributed by atoms with Gasteiger partial charge in [-0.3, -0.25) is 4.79 Å². The number of ether oxygens (including phenoxy) is 1. The van der Waals surface area contributed by atoms with Gasteiger partial charge in [-0.1, -0.05) is 0 Å². The Hall–Kier alpha value is -1.98. The molecule has 18 heavy (non-hydrogen) atoms. The molecule has 100 valence electrons. The average molecular weight is 255 g/mol. The van der Waals surface area contributed by atoms with Crippen molar-refractivity contribution >= 4 is 17.3 Å². The molecule has 0 heterocycles. The van der Waals surface area contributed by atoms with E-state index in [-0.39, 0.29) is 30.0 Å². The molecule has 0 bridgehead atoms. The first-order valence-corrected chi connectivity index (χ1v) is 5.64. The maximum atomic E-state index is 13.5. The predicted octanol–water partition coefficient (Wildman–Crippen LogP) is 1.35. The molecular formula is C12H18FN3O2. The number of amides is 1. The molecule has 0 aliphatic heterocycles. The van der Waals surface area contributed by atoms with Crippen LogP contribution >= 0.6 is 0 Å². The van der Waals surface area contributed by atoms with Crippen molar-refractivity contribution in [2.24, 2.45) is 0 Å². The molecule has 0 spiro atoms. The van der Waals surface area contributed by atoms with Gasteiger partial charge in [0.05, 0.1) is 24.0 Å². The number of halogens is 1. The van der Waals surface area contributed by atoms with Gasteiger partial charge < -0.3 is 21.1 Å². The van der Waals surface area contributed by atoms with Crippen molar-refractivity contribution in [3.63, 3.8) is 0 Å². The number of nitrogens with one attached hydrogen (secondary N) is 2. The van der Waals surface area contributed by atoms with E-state index in [1.54, 1.807) is 13.8 Å². The highest BCUT2D eigenvalue weighted by Gasteiger charge is 2.11. The summed E-state index contributed by atoms with van der Waals surface area (Å²) in [7, 11) is 1.53. The normalized spacial score (nSPS) is 10.3. The summed E-state index contributed by atoms with van der Waals surface area (Å²) in [6.45, 7) is 3.66. The van der Waals surface area contributed by atoms with Gasteiger partial charge in [0, 0.05) is 19.2 Å². The van der Waals surface area contributed by atoms with E-state index in [2.05, 4.69) is 10.6 Å². The highest BCUT2D eigenvalue weighted by molar-refractivity contribution is 5.82. The van der Waals surface area contributed by atoms with Gasteiger partial charge in [0.25, 0.3) is 0 Å². The number of nitrogens with two attached hydrogens (primary N) is 1. The first-order valence-electron chi connectivity index (χ1n) is 5.64. The zero-order valence-corrected chi connectivity index (χ0v) is 10.7. The lowest BCUT2D eigenvalue weighted by atomic mass is 10.2. The van der Waals surface area contributed by atoms with E-state index in [4.69, 9.17) is 10.5 Å². The maximum Gasteiger partial charge on any atom is 0.239 e. The van der Waals surface area contributed by atoms with Crippen LogP contribution in [0.2, 0.25) is 0 Å². The first kappa shape index (κ1) is 14.1. The number of anilines is 2. The number of hydrogen-bond donors (Lipinski definition) is 3. The van der Waals surface area contributed by atoms with Crippen LogP contribution in [0, 0.1) is 5.82 Å². The summed E-state index contributed by atoms with van der Waals surface area (Å²) in [5.41, 5.74) is 6.36. The number of hydrogen-bond acceptors (Lipinski definition) is 4. The van der Waals surface area contributed by atoms with Crippen molar-refractivity contribution in [3.05, 3.63) is 17.9 Å². The van der Waals surface area contributed by atoms with Gasteiger partial charge in [0.2, 0.25) is 5.91 Å². The highest BCUT2D eigenvalue weighted by Crippen LogP contribution is 2.28. The van der Waals surface area contributed by atoms with Crippen LogP contribution in [0.1, 0.15) is 13.8 Å². The van der Waals surface area contributed by atoms with Crippen LogP contribution in [0.3, 0.4) is 0 Å². The number of benzene rings is 1. The molecular weight excluding hydrogens is 237 g/mol. The fourth-order valence-electron chi connectivity index (χ4n) is 1.33. The molecule has 1 aromatic carbocycles. The van der Waals surface area contributed by atoms with Gasteiger partial charge in [-0.2, -0.15) is 0 Å². The Morgan fingerprint density at radius 1 is 1.50 bits per heavy atom. The lowest BCUT2D eigenvalue weighted by molar-refractivity contribution is -0.118. The van der Waals surface area contributed by atoms with Crippen molar-refractivity contribution in [2.75, 3.05) is 24.6 Å². The maximum absolute atomic E-state index is 13.5. The zero-order valence-electron chi connectivity index (χ0n) is 10.7. The molecule has 1 rings (SSSR count). The van der Waals surface area contributed by atoms with Gasteiger partial charge in [-0.25, -0.2) is 4.39 Å². The van der Waals surface area contributed by atoms with Crippen LogP contribution in [-0.2, 0) is 4.79 Å². The molecule has 0 unspecified atom stereocenters. The van der Waals surface area contributed by atoms with Crippen LogP contribution < -0.4 is 21.1 Å². The molecule has 0 aromatic heterocycles. The summed E-state index contributed by atoms with van der Waals surface area (Å²) >= 11 is 0. The molecule has 0 fully saturated rings. The van der Waals surface area contributed by atoms with Crippen molar-refractivity contribution in [1.82, 2.24) is 5.32 Å². The molecule has 4 N–H and O–H groups in total. The van der Waals surface area contributed by atoms with Crippen LogP contribution in [-0.4, -0.2) is 25.6 Å². The van der Waals surface area contributed by atoms with E-state index in [0.717, 1.165) is 0 Å². The molecule has 1 aromatic rings. The molecule has 0 saturated heterocycles. The monoisotopic (exact) mass is 255 g/mol. The predicted molar refractivity (Wildman–Crippen MR) is 69.1 cm³/mol. The van der Waals surface area contributed by atoms with E-state index >= 15 is 0 Å². The summed E-state index contributed by atoms with van der Waals surface area (Å²) in [4.78, 5) is 11.1. The van der Waals surface area contributed by atoms with E-state index in [1.165, 1.54) is 19.2 Å². The van der Waals surface area contributed by atoms with Gasteiger partial charge in [0.1, 0.15) is 0 Å². The molecule has 0 radical (unpaired) electrons. The summed E-state index contributed by atoms with van der Waals surface area (Å²) in [5.74, 6) is -0.602. The lowest BCUT2D eigenvalue weighted by Gasteiger charge is -2.14. The third-order valence-electron chi connectivity index (χ3n) is 2.18.